The molecule has 1 N–H and O–H groups in total. The average Bonchev–Trinajstić information content (AvgIpc) is 2.96. The number of amides is 1. The monoisotopic (exact) mass is 348 g/mol. The van der Waals surface area contributed by atoms with Crippen LogP contribution >= 0.6 is 12.2 Å². The van der Waals surface area contributed by atoms with Crippen molar-refractivity contribution in [2.45, 2.75) is 38.6 Å². The molecule has 5 nitrogen and oxygen atoms in total. The molecule has 1 amide bonds. The van der Waals surface area contributed by atoms with Crippen molar-refractivity contribution in [1.29, 1.82) is 0 Å². The van der Waals surface area contributed by atoms with E-state index in [2.05, 4.69) is 24.0 Å². The fourth-order valence-corrected chi connectivity index (χ4v) is 3.60. The number of nitrogens with one attached hydrogen (secondary N) is 1. The molecule has 2 heterocycles. The van der Waals surface area contributed by atoms with Crippen LogP contribution < -0.4 is 0 Å². The molecular weight excluding hydrogens is 327 g/mol. The molecule has 1 aromatic heterocycles. The van der Waals surface area contributed by atoms with Gasteiger partial charge in [0.25, 0.3) is 5.91 Å². The van der Waals surface area contributed by atoms with Crippen LogP contribution in [0.5, 0.6) is 0 Å². The van der Waals surface area contributed by atoms with Gasteiger partial charge in [-0.15, -0.1) is 0 Å². The molecule has 128 valence electrons. The Balaban J connectivity index is 1.70. The van der Waals surface area contributed by atoms with Gasteiger partial charge in [0.05, 0.1) is 0 Å². The summed E-state index contributed by atoms with van der Waals surface area (Å²) in [4.78, 5) is 14.3. The van der Waals surface area contributed by atoms with E-state index in [1.54, 1.807) is 17.0 Å². The highest BCUT2D eigenvalue weighted by atomic mass is 32.1. The third-order valence-electron chi connectivity index (χ3n) is 4.47. The van der Waals surface area contributed by atoms with Crippen molar-refractivity contribution in [3.05, 3.63) is 46.2 Å². The lowest BCUT2D eigenvalue weighted by Crippen LogP contribution is -2.38. The minimum atomic E-state index is -0.386. The summed E-state index contributed by atoms with van der Waals surface area (Å²) in [5.74, 6) is 0.739. The lowest BCUT2D eigenvalue weighted by atomic mass is 9.95. The Morgan fingerprint density at radius 1 is 1.38 bits per heavy atom. The molecule has 0 atom stereocenters. The molecule has 2 aromatic rings. The van der Waals surface area contributed by atoms with Crippen LogP contribution in [0.25, 0.3) is 0 Å². The number of benzene rings is 1. The fraction of sp³-hybridized carbons (Fsp3) is 0.471. The molecule has 0 unspecified atom stereocenters. The van der Waals surface area contributed by atoms with E-state index in [9.17, 15) is 9.18 Å². The molecule has 3 rings (SSSR count). The van der Waals surface area contributed by atoms with Crippen molar-refractivity contribution in [2.75, 3.05) is 13.1 Å². The Morgan fingerprint density at radius 2 is 2.08 bits per heavy atom. The molecule has 1 aromatic carbocycles. The number of halogens is 1. The van der Waals surface area contributed by atoms with E-state index < -0.39 is 0 Å². The molecule has 0 spiro atoms. The lowest BCUT2D eigenvalue weighted by Gasteiger charge is -2.32. The second-order valence-corrected chi connectivity index (χ2v) is 6.81. The zero-order chi connectivity index (χ0) is 17.3. The van der Waals surface area contributed by atoms with Crippen molar-refractivity contribution < 1.29 is 9.18 Å². The number of aromatic nitrogens is 3. The van der Waals surface area contributed by atoms with Crippen molar-refractivity contribution in [1.82, 2.24) is 19.7 Å². The molecule has 1 saturated heterocycles. The minimum Gasteiger partial charge on any atom is -0.339 e. The fourth-order valence-electron chi connectivity index (χ4n) is 3.25. The third-order valence-corrected chi connectivity index (χ3v) is 4.75. The number of H-pyrrole nitrogens is 1. The third kappa shape index (κ3) is 3.26. The first kappa shape index (κ1) is 16.8. The number of aromatic amines is 1. The summed E-state index contributed by atoms with van der Waals surface area (Å²) in [7, 11) is 0. The Bertz CT molecular complexity index is 790. The van der Waals surface area contributed by atoms with E-state index in [-0.39, 0.29) is 23.7 Å². The topological polar surface area (TPSA) is 53.9 Å². The normalized spacial score (nSPS) is 15.9. The Labute approximate surface area is 145 Å². The molecule has 0 saturated carbocycles. The molecule has 1 fully saturated rings. The number of piperidine rings is 1. The van der Waals surface area contributed by atoms with Crippen LogP contribution in [-0.2, 0) is 0 Å². The van der Waals surface area contributed by atoms with Crippen molar-refractivity contribution in [2.24, 2.45) is 0 Å². The van der Waals surface area contributed by atoms with Crippen LogP contribution in [0.4, 0.5) is 4.39 Å². The number of carbonyl (C=O) groups is 1. The van der Waals surface area contributed by atoms with E-state index >= 15 is 0 Å². The number of hydrogen-bond acceptors (Lipinski definition) is 3. The zero-order valence-electron chi connectivity index (χ0n) is 13.8. The predicted molar refractivity (Wildman–Crippen MR) is 92.1 cm³/mol. The average molecular weight is 348 g/mol. The Kier molecular flexibility index (Phi) is 4.80. The molecule has 7 heteroatoms. The van der Waals surface area contributed by atoms with E-state index in [1.807, 2.05) is 4.57 Å². The van der Waals surface area contributed by atoms with Gasteiger partial charge >= 0.3 is 0 Å². The summed E-state index contributed by atoms with van der Waals surface area (Å²) in [5, 5.41) is 7.27. The molecule has 0 bridgehead atoms. The highest BCUT2D eigenvalue weighted by Crippen LogP contribution is 2.29. The summed E-state index contributed by atoms with van der Waals surface area (Å²) < 4.78 is 16.0. The maximum Gasteiger partial charge on any atom is 0.253 e. The van der Waals surface area contributed by atoms with Gasteiger partial charge in [-0.25, -0.2) is 4.39 Å². The van der Waals surface area contributed by atoms with Crippen LogP contribution in [0.3, 0.4) is 0 Å². The summed E-state index contributed by atoms with van der Waals surface area (Å²) in [6.07, 6.45) is 1.65. The van der Waals surface area contributed by atoms with E-state index in [1.165, 1.54) is 12.1 Å². The number of nitrogens with zero attached hydrogens (tertiary/aromatic N) is 3. The predicted octanol–water partition coefficient (Wildman–Crippen LogP) is 3.68. The minimum absolute atomic E-state index is 0.115. The number of rotatable bonds is 3. The number of carbonyl (C=O) groups excluding carboxylic acids is 1. The summed E-state index contributed by atoms with van der Waals surface area (Å²) >= 11 is 5.30. The van der Waals surface area contributed by atoms with Crippen LogP contribution in [-0.4, -0.2) is 38.7 Å². The molecule has 1 aliphatic rings. The first-order valence-electron chi connectivity index (χ1n) is 8.19. The summed E-state index contributed by atoms with van der Waals surface area (Å²) in [5.41, 5.74) is 0.401. The highest BCUT2D eigenvalue weighted by molar-refractivity contribution is 7.71. The molecule has 24 heavy (non-hydrogen) atoms. The van der Waals surface area contributed by atoms with Gasteiger partial charge in [-0.3, -0.25) is 9.89 Å². The van der Waals surface area contributed by atoms with Gasteiger partial charge in [0.15, 0.2) is 4.77 Å². The molecular formula is C17H21FN4OS. The van der Waals surface area contributed by atoms with Gasteiger partial charge in [-0.05, 0) is 57.1 Å². The van der Waals surface area contributed by atoms with Crippen molar-refractivity contribution in [3.63, 3.8) is 0 Å². The van der Waals surface area contributed by atoms with Crippen molar-refractivity contribution >= 4 is 18.1 Å². The quantitative estimate of drug-likeness (QED) is 0.861. The largest absolute Gasteiger partial charge is 0.339 e. The molecule has 0 radical (unpaired) electrons. The van der Waals surface area contributed by atoms with E-state index in [4.69, 9.17) is 12.2 Å². The summed E-state index contributed by atoms with van der Waals surface area (Å²) in [6.45, 7) is 5.43. The van der Waals surface area contributed by atoms with Gasteiger partial charge in [0.2, 0.25) is 0 Å². The van der Waals surface area contributed by atoms with Gasteiger partial charge in [0, 0.05) is 30.6 Å². The SMILES string of the molecule is CC(C)n1c(C2CCN(C(=O)c3cccc(F)c3)CC2)n[nH]c1=S. The second kappa shape index (κ2) is 6.84. The van der Waals surface area contributed by atoms with E-state index in [0.29, 0.717) is 23.4 Å². The first-order chi connectivity index (χ1) is 11.5. The van der Waals surface area contributed by atoms with Crippen LogP contribution in [0.15, 0.2) is 24.3 Å². The Hall–Kier alpha value is -2.02. The van der Waals surface area contributed by atoms with Crippen LogP contribution in [0.2, 0.25) is 0 Å². The maximum atomic E-state index is 13.3. The van der Waals surface area contributed by atoms with Gasteiger partial charge in [-0.2, -0.15) is 5.10 Å². The first-order valence-corrected chi connectivity index (χ1v) is 8.60. The second-order valence-electron chi connectivity index (χ2n) is 6.43. The zero-order valence-corrected chi connectivity index (χ0v) is 14.6. The number of likely N-dealkylation sites (tertiary alicyclic amines) is 1. The maximum absolute atomic E-state index is 13.3. The molecule has 1 aliphatic heterocycles. The van der Waals surface area contributed by atoms with Crippen LogP contribution in [0, 0.1) is 10.6 Å². The van der Waals surface area contributed by atoms with Gasteiger partial charge in [-0.1, -0.05) is 6.07 Å². The van der Waals surface area contributed by atoms with Crippen molar-refractivity contribution in [3.8, 4) is 0 Å². The smallest absolute Gasteiger partial charge is 0.253 e. The number of hydrogen-bond donors (Lipinski definition) is 1. The van der Waals surface area contributed by atoms with Gasteiger partial charge in [0.1, 0.15) is 11.6 Å². The van der Waals surface area contributed by atoms with Gasteiger partial charge < -0.3 is 9.47 Å². The van der Waals surface area contributed by atoms with E-state index in [0.717, 1.165) is 18.7 Å². The molecule has 0 aliphatic carbocycles. The Morgan fingerprint density at radius 3 is 2.71 bits per heavy atom. The summed E-state index contributed by atoms with van der Waals surface area (Å²) in [6, 6.07) is 6.10. The highest BCUT2D eigenvalue weighted by Gasteiger charge is 2.28. The lowest BCUT2D eigenvalue weighted by molar-refractivity contribution is 0.0709. The standard InChI is InChI=1S/C17H21FN4OS/c1-11(2)22-15(19-20-17(22)24)12-6-8-21(9-7-12)16(23)13-4-3-5-14(18)10-13/h3-5,10-12H,6-9H2,1-2H3,(H,20,24). The van der Waals surface area contributed by atoms with Crippen LogP contribution in [0.1, 0.15) is 54.8 Å².